The van der Waals surface area contributed by atoms with Crippen molar-refractivity contribution < 1.29 is 67.3 Å². The third-order valence-electron chi connectivity index (χ3n) is 6.08. The largest absolute Gasteiger partial charge is 1.00 e. The van der Waals surface area contributed by atoms with Crippen molar-refractivity contribution in [3.05, 3.63) is 72.3 Å². The van der Waals surface area contributed by atoms with Crippen molar-refractivity contribution in [2.24, 2.45) is 0 Å². The second kappa shape index (κ2) is 15.7. The van der Waals surface area contributed by atoms with Gasteiger partial charge in [0.2, 0.25) is 10.1 Å². The van der Waals surface area contributed by atoms with Gasteiger partial charge in [-0.15, -0.1) is 0 Å². The number of benzene rings is 2. The summed E-state index contributed by atoms with van der Waals surface area (Å²) in [5.41, 5.74) is 4.41. The Kier molecular flexibility index (Phi) is 13.7. The number of aromatic amines is 2. The third kappa shape index (κ3) is 7.36. The smallest absolute Gasteiger partial charge is 0.258 e. The van der Waals surface area contributed by atoms with Crippen LogP contribution in [0.1, 0.15) is 51.2 Å². The number of nitrogens with zero attached hydrogens (tertiary/aromatic N) is 2. The number of halogens is 2. The van der Waals surface area contributed by atoms with Crippen LogP contribution < -0.4 is 57.1 Å². The lowest BCUT2D eigenvalue weighted by molar-refractivity contribution is -0.695. The van der Waals surface area contributed by atoms with E-state index in [4.69, 9.17) is 0 Å². The first kappa shape index (κ1) is 33.1. The molecule has 38 heavy (non-hydrogen) atoms. The summed E-state index contributed by atoms with van der Waals surface area (Å²) in [7, 11) is 3.37. The highest BCUT2D eigenvalue weighted by Gasteiger charge is 2.32. The van der Waals surface area contributed by atoms with Gasteiger partial charge in [0, 0.05) is 11.1 Å². The highest BCUT2D eigenvalue weighted by molar-refractivity contribution is 8.76. The molecule has 4 rings (SSSR count). The molecule has 0 spiro atoms. The van der Waals surface area contributed by atoms with Gasteiger partial charge in [-0.25, -0.2) is 19.1 Å². The Bertz CT molecular complexity index is 1180. The molecule has 0 aliphatic heterocycles. The Morgan fingerprint density at radius 2 is 0.974 bits per heavy atom. The SMILES string of the molecule is CC(C)c1[nH]c(SSc2[nH]c(C(C)C)[n+](CCO)c2-c2ccccc2)c(-c2ccccc2)[n+]1CCO.[I-].[I-]. The quantitative estimate of drug-likeness (QED) is 0.0924. The van der Waals surface area contributed by atoms with Gasteiger partial charge < -0.3 is 58.2 Å². The number of aromatic nitrogens is 4. The molecular weight excluding hydrogens is 742 g/mol. The number of hydrogen-bond donors (Lipinski definition) is 4. The van der Waals surface area contributed by atoms with Crippen LogP contribution in [0, 0.1) is 0 Å². The Balaban J connectivity index is 0.00000253. The minimum atomic E-state index is 0. The third-order valence-corrected chi connectivity index (χ3v) is 8.34. The van der Waals surface area contributed by atoms with Gasteiger partial charge in [0.1, 0.15) is 13.1 Å². The second-order valence-electron chi connectivity index (χ2n) is 9.33. The van der Waals surface area contributed by atoms with E-state index in [1.165, 1.54) is 0 Å². The lowest BCUT2D eigenvalue weighted by Gasteiger charge is -2.06. The normalized spacial score (nSPS) is 11.1. The van der Waals surface area contributed by atoms with Gasteiger partial charge in [0.25, 0.3) is 11.6 Å². The summed E-state index contributed by atoms with van der Waals surface area (Å²) in [5.74, 6) is 2.75. The van der Waals surface area contributed by atoms with E-state index < -0.39 is 0 Å². The first-order valence-corrected chi connectivity index (χ1v) is 14.6. The standard InChI is InChI=1S/C28H34N4O2S2.2HI/c1-19(2)25-29-27(23(31(25)15-17-33)21-11-7-5-8-12-21)35-36-28-24(22-13-9-6-10-14-22)32(16-18-34)26(30-28)20(3)4;;/h5-14,19-20,33-34H,15-18H2,1-4H3;2*1H. The van der Waals surface area contributed by atoms with Gasteiger partial charge in [-0.05, 0) is 21.6 Å². The molecule has 206 valence electrons. The van der Waals surface area contributed by atoms with Crippen LogP contribution in [0.2, 0.25) is 0 Å². The molecule has 0 bridgehead atoms. The van der Waals surface area contributed by atoms with Crippen LogP contribution in [-0.2, 0) is 13.1 Å². The summed E-state index contributed by atoms with van der Waals surface area (Å²) in [6, 6.07) is 20.7. The Morgan fingerprint density at radius 1 is 0.632 bits per heavy atom. The molecule has 0 aliphatic rings. The zero-order chi connectivity index (χ0) is 25.7. The minimum absolute atomic E-state index is 0. The Hall–Kier alpha value is -1.06. The zero-order valence-corrected chi connectivity index (χ0v) is 28.1. The molecule has 0 saturated carbocycles. The average molecular weight is 779 g/mol. The fraction of sp³-hybridized carbons (Fsp3) is 0.357. The zero-order valence-electron chi connectivity index (χ0n) is 22.1. The van der Waals surface area contributed by atoms with Gasteiger partial charge in [-0.2, -0.15) is 0 Å². The molecule has 4 N–H and O–H groups in total. The van der Waals surface area contributed by atoms with E-state index in [2.05, 4.69) is 71.1 Å². The van der Waals surface area contributed by atoms with Crippen molar-refractivity contribution in [1.29, 1.82) is 0 Å². The minimum Gasteiger partial charge on any atom is -1.00 e. The summed E-state index contributed by atoms with van der Waals surface area (Å²) in [6.45, 7) is 9.89. The summed E-state index contributed by atoms with van der Waals surface area (Å²) in [6.07, 6.45) is 0. The van der Waals surface area contributed by atoms with Crippen molar-refractivity contribution in [2.75, 3.05) is 13.2 Å². The Labute approximate surface area is 267 Å². The maximum absolute atomic E-state index is 9.84. The fourth-order valence-electron chi connectivity index (χ4n) is 4.52. The van der Waals surface area contributed by atoms with E-state index in [1.54, 1.807) is 21.6 Å². The molecule has 10 heteroatoms. The second-order valence-corrected chi connectivity index (χ2v) is 11.5. The number of H-pyrrole nitrogens is 2. The molecule has 0 aliphatic carbocycles. The molecule has 0 radical (unpaired) electrons. The van der Waals surface area contributed by atoms with E-state index in [0.717, 1.165) is 44.2 Å². The van der Waals surface area contributed by atoms with Crippen molar-refractivity contribution in [3.8, 4) is 22.5 Å². The van der Waals surface area contributed by atoms with Crippen LogP contribution in [0.5, 0.6) is 0 Å². The summed E-state index contributed by atoms with van der Waals surface area (Å²) in [4.78, 5) is 7.33. The van der Waals surface area contributed by atoms with Crippen LogP contribution in [0.25, 0.3) is 22.5 Å². The lowest BCUT2D eigenvalue weighted by atomic mass is 10.1. The average Bonchev–Trinajstić information content (AvgIpc) is 3.43. The number of imidazole rings is 2. The van der Waals surface area contributed by atoms with Crippen LogP contribution in [0.4, 0.5) is 0 Å². The Morgan fingerprint density at radius 3 is 1.26 bits per heavy atom. The summed E-state index contributed by atoms with van der Waals surface area (Å²) in [5, 5.41) is 21.8. The van der Waals surface area contributed by atoms with E-state index >= 15 is 0 Å². The first-order chi connectivity index (χ1) is 17.5. The van der Waals surface area contributed by atoms with E-state index in [0.29, 0.717) is 13.1 Å². The molecule has 0 fully saturated rings. The predicted molar refractivity (Wildman–Crippen MR) is 147 cm³/mol. The number of aliphatic hydroxyl groups is 2. The van der Waals surface area contributed by atoms with Crippen molar-refractivity contribution in [2.45, 2.75) is 62.7 Å². The monoisotopic (exact) mass is 778 g/mol. The molecule has 6 nitrogen and oxygen atoms in total. The summed E-state index contributed by atoms with van der Waals surface area (Å²) < 4.78 is 4.42. The lowest BCUT2D eigenvalue weighted by Crippen LogP contribution is -3.00. The van der Waals surface area contributed by atoms with Crippen molar-refractivity contribution in [3.63, 3.8) is 0 Å². The van der Waals surface area contributed by atoms with Crippen LogP contribution in [0.3, 0.4) is 0 Å². The predicted octanol–water partition coefficient (Wildman–Crippen LogP) is -0.709. The van der Waals surface area contributed by atoms with E-state index in [9.17, 15) is 10.2 Å². The number of hydrogen-bond acceptors (Lipinski definition) is 4. The van der Waals surface area contributed by atoms with Crippen LogP contribution in [-0.4, -0.2) is 33.4 Å². The molecule has 0 saturated heterocycles. The van der Waals surface area contributed by atoms with Gasteiger partial charge in [-0.1, -0.05) is 88.4 Å². The first-order valence-electron chi connectivity index (χ1n) is 12.4. The summed E-state index contributed by atoms with van der Waals surface area (Å²) >= 11 is 0. The van der Waals surface area contributed by atoms with Gasteiger partial charge >= 0.3 is 0 Å². The van der Waals surface area contributed by atoms with Crippen molar-refractivity contribution >= 4 is 21.6 Å². The van der Waals surface area contributed by atoms with E-state index in [1.807, 2.05) is 36.4 Å². The fourth-order valence-corrected chi connectivity index (χ4v) is 6.82. The van der Waals surface area contributed by atoms with Crippen molar-refractivity contribution in [1.82, 2.24) is 9.97 Å². The molecule has 4 aromatic rings. The van der Waals surface area contributed by atoms with Crippen LogP contribution >= 0.6 is 21.6 Å². The molecule has 2 aromatic heterocycles. The molecular formula is C28H36I2N4O2S2. The molecule has 0 unspecified atom stereocenters. The number of aliphatic hydroxyl groups excluding tert-OH is 2. The maximum Gasteiger partial charge on any atom is 0.258 e. The van der Waals surface area contributed by atoms with Gasteiger partial charge in [0.05, 0.1) is 25.0 Å². The molecule has 2 aromatic carbocycles. The number of nitrogens with one attached hydrogen (secondary N) is 2. The van der Waals surface area contributed by atoms with Crippen LogP contribution in [0.15, 0.2) is 70.7 Å². The molecule has 0 atom stereocenters. The highest BCUT2D eigenvalue weighted by atomic mass is 127. The van der Waals surface area contributed by atoms with Gasteiger partial charge in [0.15, 0.2) is 11.4 Å². The number of rotatable bonds is 11. The topological polar surface area (TPSA) is 79.8 Å². The highest BCUT2D eigenvalue weighted by Crippen LogP contribution is 2.43. The molecule has 2 heterocycles. The van der Waals surface area contributed by atoms with E-state index in [-0.39, 0.29) is 73.0 Å². The molecule has 0 amide bonds. The van der Waals surface area contributed by atoms with Gasteiger partial charge in [-0.3, -0.25) is 0 Å². The maximum atomic E-state index is 9.84.